The maximum atomic E-state index is 11.5. The largest absolute Gasteiger partial charge is 0.462 e. The maximum absolute atomic E-state index is 11.5. The lowest BCUT2D eigenvalue weighted by Crippen LogP contribution is -2.03. The van der Waals surface area contributed by atoms with Crippen LogP contribution in [0, 0.1) is 0 Å². The molecule has 1 heterocycles. The average Bonchev–Trinajstić information content (AvgIpc) is 2.55. The van der Waals surface area contributed by atoms with Gasteiger partial charge >= 0.3 is 5.97 Å². The number of hydrogen-bond acceptors (Lipinski definition) is 4. The fourth-order valence-electron chi connectivity index (χ4n) is 1.31. The van der Waals surface area contributed by atoms with Crippen molar-refractivity contribution >= 4 is 52.3 Å². The topological polar surface area (TPSA) is 39.2 Å². The first-order valence-electron chi connectivity index (χ1n) is 4.66. The number of ether oxygens (including phenoxy) is 1. The number of rotatable bonds is 2. The van der Waals surface area contributed by atoms with E-state index in [1.165, 1.54) is 0 Å². The Labute approximate surface area is 117 Å². The second-order valence-corrected chi connectivity index (χ2v) is 5.05. The number of halogens is 3. The predicted molar refractivity (Wildman–Crippen MR) is 69.7 cm³/mol. The molecule has 0 unspecified atom stereocenters. The molecule has 0 fully saturated rings. The molecule has 0 saturated heterocycles. The molecule has 1 aliphatic heterocycles. The summed E-state index contributed by atoms with van der Waals surface area (Å²) in [5, 5.41) is 0.861. The Morgan fingerprint density at radius 1 is 1.35 bits per heavy atom. The Kier molecular flexibility index (Phi) is 3.78. The van der Waals surface area contributed by atoms with Crippen LogP contribution in [0.1, 0.15) is 16.6 Å². The van der Waals surface area contributed by atoms with Gasteiger partial charge in [-0.1, -0.05) is 34.8 Å². The molecule has 0 N–H and O–H groups in total. The molecule has 1 aliphatic carbocycles. The Morgan fingerprint density at radius 2 is 2.06 bits per heavy atom. The molecular weight excluding hydrogens is 305 g/mol. The van der Waals surface area contributed by atoms with E-state index >= 15 is 0 Å². The van der Waals surface area contributed by atoms with E-state index in [-0.39, 0.29) is 5.02 Å². The van der Waals surface area contributed by atoms with Crippen molar-refractivity contribution in [1.29, 1.82) is 0 Å². The van der Waals surface area contributed by atoms with E-state index in [0.717, 1.165) is 11.5 Å². The van der Waals surface area contributed by atoms with E-state index < -0.39 is 5.97 Å². The zero-order valence-corrected chi connectivity index (χ0v) is 11.7. The van der Waals surface area contributed by atoms with Gasteiger partial charge in [0.1, 0.15) is 10.6 Å². The molecule has 7 heteroatoms. The van der Waals surface area contributed by atoms with Crippen LogP contribution in [-0.4, -0.2) is 16.9 Å². The third-order valence-electron chi connectivity index (χ3n) is 2.07. The van der Waals surface area contributed by atoms with Crippen molar-refractivity contribution in [1.82, 2.24) is 4.37 Å². The van der Waals surface area contributed by atoms with Crippen LogP contribution in [0.2, 0.25) is 15.1 Å². The molecule has 0 radical (unpaired) electrons. The summed E-state index contributed by atoms with van der Waals surface area (Å²) in [5.74, 6) is -0.434. The number of esters is 1. The highest BCUT2D eigenvalue weighted by molar-refractivity contribution is 7.08. The van der Waals surface area contributed by atoms with Crippen LogP contribution in [0.15, 0.2) is 6.07 Å². The van der Waals surface area contributed by atoms with Crippen LogP contribution in [0.3, 0.4) is 0 Å². The second kappa shape index (κ2) is 4.98. The number of hydrogen-bond donors (Lipinski definition) is 0. The summed E-state index contributed by atoms with van der Waals surface area (Å²) >= 11 is 18.8. The lowest BCUT2D eigenvalue weighted by atomic mass is 10.2. The number of carbonyl (C=O) groups excluding carboxylic acids is 1. The first-order chi connectivity index (χ1) is 8.06. The first kappa shape index (κ1) is 12.9. The number of carbonyl (C=O) groups is 1. The van der Waals surface area contributed by atoms with E-state index in [2.05, 4.69) is 4.37 Å². The predicted octanol–water partition coefficient (Wildman–Crippen LogP) is 4.38. The molecule has 0 amide bonds. The van der Waals surface area contributed by atoms with Crippen LogP contribution in [0.5, 0.6) is 0 Å². The van der Waals surface area contributed by atoms with Crippen LogP contribution >= 0.6 is 46.3 Å². The highest BCUT2D eigenvalue weighted by atomic mass is 35.5. The van der Waals surface area contributed by atoms with E-state index in [4.69, 9.17) is 39.5 Å². The van der Waals surface area contributed by atoms with E-state index in [0.29, 0.717) is 32.8 Å². The summed E-state index contributed by atoms with van der Waals surface area (Å²) in [6.07, 6.45) is 0. The number of fused-ring (bicyclic) bond motifs is 1. The summed E-state index contributed by atoms with van der Waals surface area (Å²) in [7, 11) is 0. The Morgan fingerprint density at radius 3 is 2.71 bits per heavy atom. The minimum absolute atomic E-state index is 0.254. The van der Waals surface area contributed by atoms with Gasteiger partial charge in [-0.2, -0.15) is 4.37 Å². The molecule has 2 aliphatic rings. The van der Waals surface area contributed by atoms with Crippen molar-refractivity contribution in [3.05, 3.63) is 26.0 Å². The van der Waals surface area contributed by atoms with Gasteiger partial charge in [0, 0.05) is 5.56 Å². The number of nitrogens with zero attached hydrogens (tertiary/aromatic N) is 1. The molecule has 90 valence electrons. The van der Waals surface area contributed by atoms with Gasteiger partial charge in [0.05, 0.1) is 21.7 Å². The first-order valence-corrected chi connectivity index (χ1v) is 6.57. The normalized spacial score (nSPS) is 10.8. The summed E-state index contributed by atoms with van der Waals surface area (Å²) in [5.41, 5.74) is 1.06. The monoisotopic (exact) mass is 309 g/mol. The standard InChI is InChI=1S/C10H6Cl3NO2S/c1-2-16-10(15)5-3-4-6(11)7(12)8(13)9(4)14-17-5/h3H,2H2,1H3. The third-order valence-corrected chi connectivity index (χ3v) is 4.16. The minimum atomic E-state index is -0.434. The van der Waals surface area contributed by atoms with Crippen LogP contribution < -0.4 is 0 Å². The zero-order valence-electron chi connectivity index (χ0n) is 8.59. The van der Waals surface area contributed by atoms with E-state index in [9.17, 15) is 4.79 Å². The SMILES string of the molecule is CCOC(=O)c1cc2c(Cl)c(Cl)c(Cl)c-2ns1. The lowest BCUT2D eigenvalue weighted by Gasteiger charge is -2.03. The van der Waals surface area contributed by atoms with Gasteiger partial charge in [-0.3, -0.25) is 0 Å². The number of aromatic nitrogens is 1. The van der Waals surface area contributed by atoms with Gasteiger partial charge in [-0.25, -0.2) is 4.79 Å². The lowest BCUT2D eigenvalue weighted by molar-refractivity contribution is 0.0532. The van der Waals surface area contributed by atoms with Crippen molar-refractivity contribution in [3.8, 4) is 11.3 Å². The highest BCUT2D eigenvalue weighted by Crippen LogP contribution is 2.46. The Hall–Kier alpha value is -0.550. The Bertz CT molecular complexity index is 555. The van der Waals surface area contributed by atoms with Crippen molar-refractivity contribution in [2.45, 2.75) is 6.92 Å². The summed E-state index contributed by atoms with van der Waals surface area (Å²) < 4.78 is 8.98. The molecule has 0 saturated carbocycles. The van der Waals surface area contributed by atoms with Gasteiger partial charge in [0.15, 0.2) is 0 Å². The molecule has 0 aromatic carbocycles. The summed E-state index contributed by atoms with van der Waals surface area (Å²) in [6.45, 7) is 2.04. The molecule has 0 aromatic heterocycles. The van der Waals surface area contributed by atoms with E-state index in [1.807, 2.05) is 0 Å². The molecule has 0 bridgehead atoms. The summed E-state index contributed by atoms with van der Waals surface area (Å²) in [4.78, 5) is 11.9. The van der Waals surface area contributed by atoms with Crippen molar-refractivity contribution in [2.75, 3.05) is 6.61 Å². The maximum Gasteiger partial charge on any atom is 0.349 e. The third kappa shape index (κ3) is 2.22. The van der Waals surface area contributed by atoms with E-state index in [1.54, 1.807) is 13.0 Å². The van der Waals surface area contributed by atoms with Gasteiger partial charge in [-0.15, -0.1) is 0 Å². The fraction of sp³-hybridized carbons (Fsp3) is 0.200. The molecule has 17 heavy (non-hydrogen) atoms. The van der Waals surface area contributed by atoms with Crippen molar-refractivity contribution in [2.24, 2.45) is 0 Å². The molecule has 0 atom stereocenters. The highest BCUT2D eigenvalue weighted by Gasteiger charge is 2.23. The van der Waals surface area contributed by atoms with Gasteiger partial charge < -0.3 is 4.74 Å². The van der Waals surface area contributed by atoms with Crippen molar-refractivity contribution in [3.63, 3.8) is 0 Å². The fourth-order valence-corrected chi connectivity index (χ4v) is 2.76. The summed E-state index contributed by atoms with van der Waals surface area (Å²) in [6, 6.07) is 1.59. The second-order valence-electron chi connectivity index (χ2n) is 3.12. The van der Waals surface area contributed by atoms with Gasteiger partial charge in [0.25, 0.3) is 0 Å². The van der Waals surface area contributed by atoms with Crippen molar-refractivity contribution < 1.29 is 9.53 Å². The van der Waals surface area contributed by atoms with Gasteiger partial charge in [0.2, 0.25) is 0 Å². The molecule has 3 nitrogen and oxygen atoms in total. The average molecular weight is 311 g/mol. The minimum Gasteiger partial charge on any atom is -0.462 e. The van der Waals surface area contributed by atoms with Crippen LogP contribution in [0.25, 0.3) is 11.3 Å². The quantitative estimate of drug-likeness (QED) is 0.772. The molecule has 0 spiro atoms. The molecule has 2 rings (SSSR count). The zero-order chi connectivity index (χ0) is 12.6. The Balaban J connectivity index is 2.54. The smallest absolute Gasteiger partial charge is 0.349 e. The van der Waals surface area contributed by atoms with Crippen LogP contribution in [0.4, 0.5) is 0 Å². The van der Waals surface area contributed by atoms with Gasteiger partial charge in [-0.05, 0) is 24.5 Å². The molecule has 0 aromatic rings. The van der Waals surface area contributed by atoms with Crippen LogP contribution in [-0.2, 0) is 4.74 Å². The molecular formula is C10H6Cl3NO2S.